The normalized spacial score (nSPS) is 23.1. The van der Waals surface area contributed by atoms with Gasteiger partial charge in [0.05, 0.1) is 5.69 Å². The topological polar surface area (TPSA) is 47.0 Å². The molecule has 1 atom stereocenters. The van der Waals surface area contributed by atoms with Crippen LogP contribution in [0.1, 0.15) is 12.8 Å². The van der Waals surface area contributed by atoms with E-state index in [1.165, 1.54) is 6.07 Å². The highest BCUT2D eigenvalue weighted by atomic mass is 19.1. The van der Waals surface area contributed by atoms with Gasteiger partial charge < -0.3 is 14.9 Å². The summed E-state index contributed by atoms with van der Waals surface area (Å²) in [7, 11) is 0. The summed E-state index contributed by atoms with van der Waals surface area (Å²) in [5.74, 6) is -0.349. The largest absolute Gasteiger partial charge is 0.387 e. The predicted molar refractivity (Wildman–Crippen MR) is 86.9 cm³/mol. The van der Waals surface area contributed by atoms with Crippen LogP contribution in [0.15, 0.2) is 24.3 Å². The Labute approximate surface area is 136 Å². The SMILES string of the molecule is O=C(CO)N1CCC[C@H](N2CCN(c3ccccc3F)CC2)C1. The van der Waals surface area contributed by atoms with Crippen molar-refractivity contribution in [3.05, 3.63) is 30.1 Å². The minimum atomic E-state index is -0.409. The lowest BCUT2D eigenvalue weighted by atomic mass is 10.0. The number of aliphatic hydroxyl groups is 1. The summed E-state index contributed by atoms with van der Waals surface area (Å²) in [4.78, 5) is 17.9. The average Bonchev–Trinajstić information content (AvgIpc) is 2.62. The summed E-state index contributed by atoms with van der Waals surface area (Å²) >= 11 is 0. The Morgan fingerprint density at radius 2 is 1.91 bits per heavy atom. The van der Waals surface area contributed by atoms with Crippen LogP contribution in [0.2, 0.25) is 0 Å². The number of hydrogen-bond acceptors (Lipinski definition) is 4. The third-order valence-corrected chi connectivity index (χ3v) is 4.91. The fourth-order valence-electron chi connectivity index (χ4n) is 3.62. The van der Waals surface area contributed by atoms with Crippen molar-refractivity contribution < 1.29 is 14.3 Å². The number of likely N-dealkylation sites (tertiary alicyclic amines) is 1. The summed E-state index contributed by atoms with van der Waals surface area (Å²) in [5.41, 5.74) is 0.674. The average molecular weight is 321 g/mol. The van der Waals surface area contributed by atoms with Gasteiger partial charge in [-0.05, 0) is 25.0 Å². The molecule has 1 aromatic rings. The van der Waals surface area contributed by atoms with E-state index in [0.29, 0.717) is 18.3 Å². The molecule has 6 heteroatoms. The van der Waals surface area contributed by atoms with Gasteiger partial charge in [0.25, 0.3) is 0 Å². The van der Waals surface area contributed by atoms with Crippen LogP contribution in [0.25, 0.3) is 0 Å². The molecule has 0 bridgehead atoms. The zero-order valence-corrected chi connectivity index (χ0v) is 13.3. The smallest absolute Gasteiger partial charge is 0.248 e. The second-order valence-corrected chi connectivity index (χ2v) is 6.27. The molecular formula is C17H24FN3O2. The van der Waals surface area contributed by atoms with E-state index in [4.69, 9.17) is 5.11 Å². The molecule has 5 nitrogen and oxygen atoms in total. The maximum Gasteiger partial charge on any atom is 0.248 e. The Morgan fingerprint density at radius 3 is 2.61 bits per heavy atom. The van der Waals surface area contributed by atoms with E-state index in [9.17, 15) is 9.18 Å². The first kappa shape index (κ1) is 16.2. The molecule has 0 spiro atoms. The summed E-state index contributed by atoms with van der Waals surface area (Å²) in [6.45, 7) is 4.37. The number of anilines is 1. The molecule has 0 unspecified atom stereocenters. The monoisotopic (exact) mass is 321 g/mol. The van der Waals surface area contributed by atoms with Gasteiger partial charge in [-0.25, -0.2) is 4.39 Å². The van der Waals surface area contributed by atoms with Gasteiger partial charge in [0, 0.05) is 45.3 Å². The van der Waals surface area contributed by atoms with E-state index in [1.807, 2.05) is 12.1 Å². The Balaban J connectivity index is 1.56. The van der Waals surface area contributed by atoms with Crippen LogP contribution in [0.4, 0.5) is 10.1 Å². The first-order chi connectivity index (χ1) is 11.2. The molecule has 1 aromatic carbocycles. The van der Waals surface area contributed by atoms with E-state index in [1.54, 1.807) is 11.0 Å². The van der Waals surface area contributed by atoms with Crippen LogP contribution in [-0.2, 0) is 4.79 Å². The number of para-hydroxylation sites is 1. The second kappa shape index (κ2) is 7.27. The number of benzene rings is 1. The molecule has 2 aliphatic rings. The number of aliphatic hydroxyl groups excluding tert-OH is 1. The van der Waals surface area contributed by atoms with Crippen LogP contribution in [0.3, 0.4) is 0 Å². The zero-order valence-electron chi connectivity index (χ0n) is 13.3. The minimum Gasteiger partial charge on any atom is -0.387 e. The Kier molecular flexibility index (Phi) is 5.13. The molecule has 2 heterocycles. The van der Waals surface area contributed by atoms with Crippen LogP contribution >= 0.6 is 0 Å². The molecule has 0 aromatic heterocycles. The maximum atomic E-state index is 13.9. The molecular weight excluding hydrogens is 297 g/mol. The van der Waals surface area contributed by atoms with Gasteiger partial charge in [0.1, 0.15) is 12.4 Å². The number of halogens is 1. The molecule has 1 N–H and O–H groups in total. The summed E-state index contributed by atoms with van der Waals surface area (Å²) in [6, 6.07) is 7.25. The quantitative estimate of drug-likeness (QED) is 0.900. The summed E-state index contributed by atoms with van der Waals surface area (Å²) < 4.78 is 13.9. The molecule has 2 saturated heterocycles. The highest BCUT2D eigenvalue weighted by Crippen LogP contribution is 2.23. The van der Waals surface area contributed by atoms with Gasteiger partial charge in [0.2, 0.25) is 5.91 Å². The highest BCUT2D eigenvalue weighted by molar-refractivity contribution is 5.77. The molecule has 0 radical (unpaired) electrons. The Morgan fingerprint density at radius 1 is 1.17 bits per heavy atom. The molecule has 126 valence electrons. The van der Waals surface area contributed by atoms with E-state index in [2.05, 4.69) is 9.80 Å². The van der Waals surface area contributed by atoms with E-state index in [0.717, 1.165) is 45.6 Å². The number of piperidine rings is 1. The predicted octanol–water partition coefficient (Wildman–Crippen LogP) is 0.931. The number of carbonyl (C=O) groups is 1. The number of rotatable bonds is 3. The zero-order chi connectivity index (χ0) is 16.2. The molecule has 0 saturated carbocycles. The number of carbonyl (C=O) groups excluding carboxylic acids is 1. The molecule has 2 aliphatic heterocycles. The van der Waals surface area contributed by atoms with Gasteiger partial charge >= 0.3 is 0 Å². The second-order valence-electron chi connectivity index (χ2n) is 6.27. The van der Waals surface area contributed by atoms with Crippen molar-refractivity contribution in [2.24, 2.45) is 0 Å². The first-order valence-electron chi connectivity index (χ1n) is 8.31. The van der Waals surface area contributed by atoms with Gasteiger partial charge in [-0.1, -0.05) is 12.1 Å². The highest BCUT2D eigenvalue weighted by Gasteiger charge is 2.30. The van der Waals surface area contributed by atoms with Crippen LogP contribution in [-0.4, -0.2) is 72.7 Å². The van der Waals surface area contributed by atoms with Crippen molar-refractivity contribution in [2.45, 2.75) is 18.9 Å². The van der Waals surface area contributed by atoms with Gasteiger partial charge in [-0.3, -0.25) is 9.69 Å². The van der Waals surface area contributed by atoms with Crippen LogP contribution in [0.5, 0.6) is 0 Å². The number of amides is 1. The van der Waals surface area contributed by atoms with Crippen molar-refractivity contribution in [1.29, 1.82) is 0 Å². The van der Waals surface area contributed by atoms with Crippen LogP contribution in [0, 0.1) is 5.82 Å². The lowest BCUT2D eigenvalue weighted by Crippen LogP contribution is -2.56. The lowest BCUT2D eigenvalue weighted by molar-refractivity contribution is -0.136. The minimum absolute atomic E-state index is 0.168. The van der Waals surface area contributed by atoms with Gasteiger partial charge in [-0.2, -0.15) is 0 Å². The molecule has 23 heavy (non-hydrogen) atoms. The van der Waals surface area contributed by atoms with E-state index < -0.39 is 6.61 Å². The third-order valence-electron chi connectivity index (χ3n) is 4.91. The van der Waals surface area contributed by atoms with Crippen LogP contribution < -0.4 is 4.90 Å². The van der Waals surface area contributed by atoms with Gasteiger partial charge in [-0.15, -0.1) is 0 Å². The fourth-order valence-corrected chi connectivity index (χ4v) is 3.62. The van der Waals surface area contributed by atoms with Crippen molar-refractivity contribution in [2.75, 3.05) is 50.8 Å². The maximum absolute atomic E-state index is 13.9. The number of hydrogen-bond donors (Lipinski definition) is 1. The molecule has 0 aliphatic carbocycles. The molecule has 1 amide bonds. The standard InChI is InChI=1S/C17H24FN3O2/c18-15-5-1-2-6-16(15)20-10-8-19(9-11-20)14-4-3-7-21(12-14)17(23)13-22/h1-2,5-6,14,22H,3-4,7-13H2/t14-/m0/s1. The van der Waals surface area contributed by atoms with Gasteiger partial charge in [0.15, 0.2) is 0 Å². The van der Waals surface area contributed by atoms with Crippen molar-refractivity contribution >= 4 is 11.6 Å². The summed E-state index contributed by atoms with van der Waals surface area (Å²) in [6.07, 6.45) is 2.05. The lowest BCUT2D eigenvalue weighted by Gasteiger charge is -2.43. The third kappa shape index (κ3) is 3.64. The fraction of sp³-hybridized carbons (Fsp3) is 0.588. The molecule has 2 fully saturated rings. The number of piperazine rings is 1. The van der Waals surface area contributed by atoms with E-state index in [-0.39, 0.29) is 11.7 Å². The molecule has 3 rings (SSSR count). The van der Waals surface area contributed by atoms with Crippen molar-refractivity contribution in [3.8, 4) is 0 Å². The van der Waals surface area contributed by atoms with Crippen molar-refractivity contribution in [3.63, 3.8) is 0 Å². The Bertz CT molecular complexity index is 546. The van der Waals surface area contributed by atoms with E-state index >= 15 is 0 Å². The number of nitrogens with zero attached hydrogens (tertiary/aromatic N) is 3. The van der Waals surface area contributed by atoms with Crippen molar-refractivity contribution in [1.82, 2.24) is 9.80 Å². The first-order valence-corrected chi connectivity index (χ1v) is 8.31. The summed E-state index contributed by atoms with van der Waals surface area (Å²) in [5, 5.41) is 9.02. The Hall–Kier alpha value is -1.66.